The van der Waals surface area contributed by atoms with E-state index in [0.717, 1.165) is 37.5 Å². The maximum atomic E-state index is 12.2. The molecule has 29 heavy (non-hydrogen) atoms. The Morgan fingerprint density at radius 3 is 1.79 bits per heavy atom. The number of aliphatic hydroxyl groups excluding tert-OH is 2. The fraction of sp³-hybridized carbons (Fsp3) is 0.571. The zero-order chi connectivity index (χ0) is 21.9. The van der Waals surface area contributed by atoms with E-state index in [9.17, 15) is 24.6 Å². The van der Waals surface area contributed by atoms with Crippen LogP contribution in [0.3, 0.4) is 0 Å². The number of carbonyl (C=O) groups is 3. The third-order valence-electron chi connectivity index (χ3n) is 5.15. The number of hydrogen-bond acceptors (Lipinski definition) is 8. The number of esters is 3. The summed E-state index contributed by atoms with van der Waals surface area (Å²) >= 11 is 0. The first kappa shape index (κ1) is 24.6. The minimum absolute atomic E-state index is 0.150. The summed E-state index contributed by atoms with van der Waals surface area (Å²) in [7, 11) is 0. The molecule has 0 aromatic rings. The van der Waals surface area contributed by atoms with Crippen LogP contribution in [-0.2, 0) is 28.6 Å². The van der Waals surface area contributed by atoms with Gasteiger partial charge >= 0.3 is 23.7 Å². The molecule has 0 radical (unpaired) electrons. The first-order valence-electron chi connectivity index (χ1n) is 9.60. The molecule has 0 aromatic heterocycles. The zero-order valence-electron chi connectivity index (χ0n) is 16.6. The molecular formula is C21H30O8. The highest BCUT2D eigenvalue weighted by molar-refractivity contribution is 5.84. The molecule has 1 aliphatic rings. The normalized spacial score (nSPS) is 21.1. The molecule has 8 heteroatoms. The van der Waals surface area contributed by atoms with Gasteiger partial charge in [0.05, 0.1) is 18.6 Å². The van der Waals surface area contributed by atoms with Gasteiger partial charge in [0.1, 0.15) is 0 Å². The molecule has 0 saturated heterocycles. The van der Waals surface area contributed by atoms with Gasteiger partial charge in [-0.1, -0.05) is 45.4 Å². The van der Waals surface area contributed by atoms with E-state index in [2.05, 4.69) is 19.7 Å². The molecule has 0 spiro atoms. The third kappa shape index (κ3) is 5.77. The number of hydrogen-bond donors (Lipinski definition) is 2. The van der Waals surface area contributed by atoms with Crippen LogP contribution in [0.1, 0.15) is 44.9 Å². The van der Waals surface area contributed by atoms with Gasteiger partial charge in [0.15, 0.2) is 6.10 Å². The lowest BCUT2D eigenvalue weighted by Gasteiger charge is -2.49. The van der Waals surface area contributed by atoms with E-state index >= 15 is 0 Å². The standard InChI is InChI=1S/C21H30O8/c1-4-17(24)27-16-12-10-8-7-9-11-13-20(14-22,15-23)21(16,28-18(25)5-2)29-19(26)6-3/h4-6,16,22-23H,1-3,7-15H2. The Morgan fingerprint density at radius 1 is 0.828 bits per heavy atom. The highest BCUT2D eigenvalue weighted by Gasteiger charge is 2.63. The molecule has 162 valence electrons. The summed E-state index contributed by atoms with van der Waals surface area (Å²) in [6, 6.07) is 0. The minimum Gasteiger partial charge on any atom is -0.451 e. The Labute approximate surface area is 170 Å². The summed E-state index contributed by atoms with van der Waals surface area (Å²) in [4.78, 5) is 36.5. The Morgan fingerprint density at radius 2 is 1.31 bits per heavy atom. The molecule has 1 saturated carbocycles. The van der Waals surface area contributed by atoms with Crippen LogP contribution in [-0.4, -0.2) is 53.2 Å². The second-order valence-electron chi connectivity index (χ2n) is 6.95. The van der Waals surface area contributed by atoms with E-state index in [4.69, 9.17) is 14.2 Å². The summed E-state index contributed by atoms with van der Waals surface area (Å²) < 4.78 is 16.5. The van der Waals surface area contributed by atoms with E-state index in [-0.39, 0.29) is 12.8 Å². The van der Waals surface area contributed by atoms with Gasteiger partial charge in [0.2, 0.25) is 0 Å². The molecule has 0 heterocycles. The Hall–Kier alpha value is -2.45. The summed E-state index contributed by atoms with van der Waals surface area (Å²) in [5.41, 5.74) is -1.63. The van der Waals surface area contributed by atoms with Crippen molar-refractivity contribution in [1.82, 2.24) is 0 Å². The van der Waals surface area contributed by atoms with Crippen molar-refractivity contribution in [2.24, 2.45) is 5.41 Å². The maximum absolute atomic E-state index is 12.2. The zero-order valence-corrected chi connectivity index (χ0v) is 16.6. The molecule has 1 unspecified atom stereocenters. The van der Waals surface area contributed by atoms with Crippen molar-refractivity contribution < 1.29 is 38.8 Å². The van der Waals surface area contributed by atoms with Gasteiger partial charge in [-0.05, 0) is 19.3 Å². The summed E-state index contributed by atoms with van der Waals surface area (Å²) in [6.45, 7) is 8.67. The molecule has 0 amide bonds. The summed E-state index contributed by atoms with van der Waals surface area (Å²) in [5.74, 6) is -5.05. The van der Waals surface area contributed by atoms with Gasteiger partial charge in [-0.3, -0.25) is 0 Å². The van der Waals surface area contributed by atoms with E-state index in [0.29, 0.717) is 12.8 Å². The molecular weight excluding hydrogens is 380 g/mol. The third-order valence-corrected chi connectivity index (χ3v) is 5.15. The van der Waals surface area contributed by atoms with Gasteiger partial charge in [-0.2, -0.15) is 0 Å². The van der Waals surface area contributed by atoms with Crippen molar-refractivity contribution in [2.75, 3.05) is 13.2 Å². The molecule has 1 atom stereocenters. The molecule has 1 rings (SSSR count). The fourth-order valence-electron chi connectivity index (χ4n) is 3.53. The predicted octanol–water partition coefficient (Wildman–Crippen LogP) is 1.95. The number of carbonyl (C=O) groups excluding carboxylic acids is 3. The minimum atomic E-state index is -2.29. The Balaban J connectivity index is 3.73. The van der Waals surface area contributed by atoms with Crippen molar-refractivity contribution in [2.45, 2.75) is 56.8 Å². The maximum Gasteiger partial charge on any atom is 0.333 e. The molecule has 0 bridgehead atoms. The van der Waals surface area contributed by atoms with Crippen LogP contribution in [0.25, 0.3) is 0 Å². The lowest BCUT2D eigenvalue weighted by Crippen LogP contribution is -2.65. The first-order chi connectivity index (χ1) is 13.8. The lowest BCUT2D eigenvalue weighted by molar-refractivity contribution is -0.321. The van der Waals surface area contributed by atoms with Crippen LogP contribution < -0.4 is 0 Å². The SMILES string of the molecule is C=CC(=O)OC1CCCCCCCC(CO)(CO)C1(OC(=O)C=C)OC(=O)C=C. The predicted molar refractivity (Wildman–Crippen MR) is 104 cm³/mol. The average molecular weight is 410 g/mol. The Bertz CT molecular complexity index is 598. The molecule has 0 aromatic carbocycles. The summed E-state index contributed by atoms with van der Waals surface area (Å²) in [6.07, 6.45) is 5.31. The average Bonchev–Trinajstić information content (AvgIpc) is 2.73. The van der Waals surface area contributed by atoms with E-state index in [1.54, 1.807) is 0 Å². The fourth-order valence-corrected chi connectivity index (χ4v) is 3.53. The Kier molecular flexibility index (Phi) is 9.77. The van der Waals surface area contributed by atoms with Gasteiger partial charge in [0, 0.05) is 18.2 Å². The molecule has 0 aliphatic heterocycles. The van der Waals surface area contributed by atoms with Crippen LogP contribution in [0.5, 0.6) is 0 Å². The van der Waals surface area contributed by atoms with Crippen molar-refractivity contribution in [3.8, 4) is 0 Å². The monoisotopic (exact) mass is 410 g/mol. The number of rotatable bonds is 8. The number of aliphatic hydroxyl groups is 2. The van der Waals surface area contributed by atoms with Gasteiger partial charge < -0.3 is 24.4 Å². The number of ether oxygens (including phenoxy) is 3. The van der Waals surface area contributed by atoms with Crippen molar-refractivity contribution in [3.05, 3.63) is 38.0 Å². The summed E-state index contributed by atoms with van der Waals surface area (Å²) in [5, 5.41) is 20.6. The van der Waals surface area contributed by atoms with Crippen LogP contribution in [0.4, 0.5) is 0 Å². The van der Waals surface area contributed by atoms with Crippen LogP contribution in [0, 0.1) is 5.41 Å². The first-order valence-corrected chi connectivity index (χ1v) is 9.60. The molecule has 8 nitrogen and oxygen atoms in total. The van der Waals surface area contributed by atoms with Crippen LogP contribution in [0.2, 0.25) is 0 Å². The van der Waals surface area contributed by atoms with Gasteiger partial charge in [0.25, 0.3) is 0 Å². The van der Waals surface area contributed by atoms with Gasteiger partial charge in [-0.25, -0.2) is 14.4 Å². The molecule has 2 N–H and O–H groups in total. The largest absolute Gasteiger partial charge is 0.451 e. The van der Waals surface area contributed by atoms with Crippen molar-refractivity contribution in [1.29, 1.82) is 0 Å². The van der Waals surface area contributed by atoms with E-state index in [1.165, 1.54) is 0 Å². The lowest BCUT2D eigenvalue weighted by atomic mass is 9.71. The highest BCUT2D eigenvalue weighted by atomic mass is 16.8. The second-order valence-corrected chi connectivity index (χ2v) is 6.95. The van der Waals surface area contributed by atoms with E-state index < -0.39 is 48.4 Å². The topological polar surface area (TPSA) is 119 Å². The quantitative estimate of drug-likeness (QED) is 0.354. The smallest absolute Gasteiger partial charge is 0.333 e. The molecule has 1 aliphatic carbocycles. The van der Waals surface area contributed by atoms with Crippen molar-refractivity contribution >= 4 is 17.9 Å². The van der Waals surface area contributed by atoms with E-state index in [1.807, 2.05) is 0 Å². The second kappa shape index (κ2) is 11.5. The van der Waals surface area contributed by atoms with Crippen LogP contribution >= 0.6 is 0 Å². The molecule has 1 fully saturated rings. The van der Waals surface area contributed by atoms with Gasteiger partial charge in [-0.15, -0.1) is 0 Å². The highest BCUT2D eigenvalue weighted by Crippen LogP contribution is 2.46. The van der Waals surface area contributed by atoms with Crippen molar-refractivity contribution in [3.63, 3.8) is 0 Å². The van der Waals surface area contributed by atoms with Crippen LogP contribution in [0.15, 0.2) is 38.0 Å².